The standard InChI is InChI=1S/C16H33NO/c1-2-3-4-5-6-7-8-9-10-11-12-13-14-15-16-17-18/h7-8,17-18H,2-6,9-16H2,1H3/p+1/b8-7+. The van der Waals surface area contributed by atoms with Crippen molar-refractivity contribution in [1.82, 2.24) is 0 Å². The Hall–Kier alpha value is -0.340. The summed E-state index contributed by atoms with van der Waals surface area (Å²) in [4.78, 5) is 0. The SMILES string of the molecule is CCCCCC/C=C/CCCCCCCC[NH2+]O. The van der Waals surface area contributed by atoms with Crippen molar-refractivity contribution in [1.29, 1.82) is 0 Å². The van der Waals surface area contributed by atoms with Crippen LogP contribution in [0.15, 0.2) is 12.2 Å². The van der Waals surface area contributed by atoms with Crippen LogP contribution < -0.4 is 5.48 Å². The first kappa shape index (κ1) is 17.7. The van der Waals surface area contributed by atoms with Gasteiger partial charge >= 0.3 is 0 Å². The highest BCUT2D eigenvalue weighted by atomic mass is 16.5. The topological polar surface area (TPSA) is 36.8 Å². The molecule has 0 saturated heterocycles. The third kappa shape index (κ3) is 15.7. The van der Waals surface area contributed by atoms with E-state index >= 15 is 0 Å². The molecule has 0 fully saturated rings. The quantitative estimate of drug-likeness (QED) is 0.273. The number of hydroxylamine groups is 1. The van der Waals surface area contributed by atoms with Crippen molar-refractivity contribution >= 4 is 0 Å². The lowest BCUT2D eigenvalue weighted by molar-refractivity contribution is -0.886. The highest BCUT2D eigenvalue weighted by Gasteiger charge is 1.91. The lowest BCUT2D eigenvalue weighted by atomic mass is 10.1. The lowest BCUT2D eigenvalue weighted by Crippen LogP contribution is -2.80. The number of hydrogen-bond donors (Lipinski definition) is 2. The minimum absolute atomic E-state index is 0.862. The second-order valence-electron chi connectivity index (χ2n) is 5.20. The third-order valence-corrected chi connectivity index (χ3v) is 3.35. The minimum Gasteiger partial charge on any atom is -0.221 e. The zero-order valence-corrected chi connectivity index (χ0v) is 12.4. The van der Waals surface area contributed by atoms with Crippen molar-refractivity contribution in [2.75, 3.05) is 6.54 Å². The minimum atomic E-state index is 0.862. The Morgan fingerprint density at radius 3 is 1.78 bits per heavy atom. The summed E-state index contributed by atoms with van der Waals surface area (Å²) in [6, 6.07) is 0. The van der Waals surface area contributed by atoms with Crippen LogP contribution in [-0.4, -0.2) is 11.8 Å². The van der Waals surface area contributed by atoms with Crippen molar-refractivity contribution in [2.45, 2.75) is 84.0 Å². The van der Waals surface area contributed by atoms with Gasteiger partial charge in [-0.25, -0.2) is 10.7 Å². The maximum atomic E-state index is 8.52. The molecule has 0 aromatic heterocycles. The lowest BCUT2D eigenvalue weighted by Gasteiger charge is -1.99. The molecule has 0 aliphatic heterocycles. The Labute approximate surface area is 114 Å². The molecule has 108 valence electrons. The summed E-state index contributed by atoms with van der Waals surface area (Å²) in [5.74, 6) is 0. The molecule has 0 atom stereocenters. The fourth-order valence-corrected chi connectivity index (χ4v) is 2.13. The van der Waals surface area contributed by atoms with Crippen LogP contribution >= 0.6 is 0 Å². The Kier molecular flexibility index (Phi) is 16.3. The number of rotatable bonds is 14. The molecule has 0 aromatic rings. The molecule has 0 aliphatic rings. The van der Waals surface area contributed by atoms with Crippen molar-refractivity contribution in [2.24, 2.45) is 0 Å². The smallest absolute Gasteiger partial charge is 0.105 e. The molecule has 0 aromatic carbocycles. The van der Waals surface area contributed by atoms with E-state index in [2.05, 4.69) is 19.1 Å². The van der Waals surface area contributed by atoms with Crippen LogP contribution in [0, 0.1) is 0 Å². The van der Waals surface area contributed by atoms with Crippen LogP contribution in [0.3, 0.4) is 0 Å². The molecule has 0 spiro atoms. The van der Waals surface area contributed by atoms with E-state index in [4.69, 9.17) is 5.21 Å². The van der Waals surface area contributed by atoms with Crippen LogP contribution in [0.2, 0.25) is 0 Å². The molecule has 0 saturated carbocycles. The van der Waals surface area contributed by atoms with Gasteiger partial charge in [0.1, 0.15) is 6.54 Å². The third-order valence-electron chi connectivity index (χ3n) is 3.35. The number of unbranched alkanes of at least 4 members (excludes halogenated alkanes) is 10. The highest BCUT2D eigenvalue weighted by molar-refractivity contribution is 4.81. The summed E-state index contributed by atoms with van der Waals surface area (Å²) in [5, 5.41) is 8.52. The molecule has 0 rings (SSSR count). The molecular formula is C16H34NO+. The zero-order valence-electron chi connectivity index (χ0n) is 12.4. The largest absolute Gasteiger partial charge is 0.221 e. The first-order chi connectivity index (χ1) is 8.91. The van der Waals surface area contributed by atoms with Gasteiger partial charge in [-0.15, -0.1) is 0 Å². The van der Waals surface area contributed by atoms with Gasteiger partial charge in [-0.1, -0.05) is 57.6 Å². The van der Waals surface area contributed by atoms with Gasteiger partial charge < -0.3 is 0 Å². The highest BCUT2D eigenvalue weighted by Crippen LogP contribution is 2.08. The summed E-state index contributed by atoms with van der Waals surface area (Å²) >= 11 is 0. The van der Waals surface area contributed by atoms with E-state index in [1.54, 1.807) is 0 Å². The van der Waals surface area contributed by atoms with Crippen molar-refractivity contribution < 1.29 is 10.7 Å². The molecule has 0 radical (unpaired) electrons. The average molecular weight is 256 g/mol. The maximum Gasteiger partial charge on any atom is 0.105 e. The van der Waals surface area contributed by atoms with Gasteiger partial charge in [-0.3, -0.25) is 0 Å². The van der Waals surface area contributed by atoms with E-state index in [0.717, 1.165) is 13.0 Å². The van der Waals surface area contributed by atoms with Gasteiger partial charge in [0.05, 0.1) is 0 Å². The van der Waals surface area contributed by atoms with Gasteiger partial charge in [0, 0.05) is 0 Å². The van der Waals surface area contributed by atoms with E-state index < -0.39 is 0 Å². The fraction of sp³-hybridized carbons (Fsp3) is 0.875. The second kappa shape index (κ2) is 16.7. The van der Waals surface area contributed by atoms with Crippen molar-refractivity contribution in [3.63, 3.8) is 0 Å². The number of allylic oxidation sites excluding steroid dienone is 2. The summed E-state index contributed by atoms with van der Waals surface area (Å²) in [5.41, 5.74) is 1.28. The molecule has 0 unspecified atom stereocenters. The van der Waals surface area contributed by atoms with Crippen LogP contribution in [0.1, 0.15) is 84.0 Å². The molecule has 3 N–H and O–H groups in total. The predicted octanol–water partition coefficient (Wildman–Crippen LogP) is 4.20. The van der Waals surface area contributed by atoms with E-state index in [9.17, 15) is 0 Å². The Bertz CT molecular complexity index is 168. The Morgan fingerprint density at radius 1 is 0.722 bits per heavy atom. The average Bonchev–Trinajstić information content (AvgIpc) is 2.39. The molecule has 0 bridgehead atoms. The predicted molar refractivity (Wildman–Crippen MR) is 78.8 cm³/mol. The summed E-state index contributed by atoms with van der Waals surface area (Å²) in [6.07, 6.45) is 20.6. The first-order valence-electron chi connectivity index (χ1n) is 8.02. The summed E-state index contributed by atoms with van der Waals surface area (Å²) in [6.45, 7) is 3.12. The fourth-order valence-electron chi connectivity index (χ4n) is 2.13. The number of hydrogen-bond acceptors (Lipinski definition) is 1. The normalized spacial score (nSPS) is 11.4. The molecule has 0 amide bonds. The van der Waals surface area contributed by atoms with Crippen LogP contribution in [0.25, 0.3) is 0 Å². The van der Waals surface area contributed by atoms with Crippen LogP contribution in [-0.2, 0) is 0 Å². The van der Waals surface area contributed by atoms with Crippen molar-refractivity contribution in [3.05, 3.63) is 12.2 Å². The molecule has 0 aliphatic carbocycles. The molecular weight excluding hydrogens is 222 g/mol. The van der Waals surface area contributed by atoms with E-state index in [0.29, 0.717) is 0 Å². The van der Waals surface area contributed by atoms with Gasteiger partial charge in [0.25, 0.3) is 0 Å². The van der Waals surface area contributed by atoms with E-state index in [-0.39, 0.29) is 0 Å². The zero-order chi connectivity index (χ0) is 13.3. The van der Waals surface area contributed by atoms with Gasteiger partial charge in [0.15, 0.2) is 0 Å². The van der Waals surface area contributed by atoms with Crippen LogP contribution in [0.4, 0.5) is 0 Å². The maximum absolute atomic E-state index is 8.52. The Balaban J connectivity index is 2.99. The second-order valence-corrected chi connectivity index (χ2v) is 5.20. The van der Waals surface area contributed by atoms with Gasteiger partial charge in [-0.2, -0.15) is 0 Å². The first-order valence-corrected chi connectivity index (χ1v) is 8.02. The van der Waals surface area contributed by atoms with Gasteiger partial charge in [-0.05, 0) is 38.5 Å². The molecule has 0 heterocycles. The monoisotopic (exact) mass is 256 g/mol. The van der Waals surface area contributed by atoms with E-state index in [1.807, 2.05) is 0 Å². The Morgan fingerprint density at radius 2 is 1.22 bits per heavy atom. The summed E-state index contributed by atoms with van der Waals surface area (Å²) < 4.78 is 0. The van der Waals surface area contributed by atoms with Crippen LogP contribution in [0.5, 0.6) is 0 Å². The molecule has 18 heavy (non-hydrogen) atoms. The van der Waals surface area contributed by atoms with E-state index in [1.165, 1.54) is 76.1 Å². The molecule has 2 nitrogen and oxygen atoms in total. The van der Waals surface area contributed by atoms with Gasteiger partial charge in [0.2, 0.25) is 0 Å². The summed E-state index contributed by atoms with van der Waals surface area (Å²) in [7, 11) is 0. The number of quaternary nitrogens is 1. The van der Waals surface area contributed by atoms with Crippen molar-refractivity contribution in [3.8, 4) is 0 Å². The number of nitrogens with two attached hydrogens (primary N) is 1. The molecule has 2 heteroatoms.